The minimum absolute atomic E-state index is 0.273. The van der Waals surface area contributed by atoms with E-state index in [0.717, 1.165) is 76.0 Å². The van der Waals surface area contributed by atoms with Gasteiger partial charge >= 0.3 is 0 Å². The quantitative estimate of drug-likeness (QED) is 0.770. The molecule has 2 fully saturated rings. The lowest BCUT2D eigenvalue weighted by molar-refractivity contribution is 0.161. The van der Waals surface area contributed by atoms with Gasteiger partial charge in [0.1, 0.15) is 11.6 Å². The maximum Gasteiger partial charge on any atom is 0.228 e. The van der Waals surface area contributed by atoms with Gasteiger partial charge in [-0.1, -0.05) is 0 Å². The van der Waals surface area contributed by atoms with E-state index in [1.807, 2.05) is 0 Å². The standard InChI is InChI=1S/C22H27FN4O2/c23-17-3-5-18(6-4-17)29-21-19-14-26(13-16-8-12-28-15-16)11-7-20(19)24-22(25-21)27-9-1-2-10-27/h3-6,16H,1-2,7-15H2/t16-/m1/s1. The van der Waals surface area contributed by atoms with E-state index >= 15 is 0 Å². The first-order valence-corrected chi connectivity index (χ1v) is 10.6. The minimum atomic E-state index is -0.273. The van der Waals surface area contributed by atoms with Crippen LogP contribution in [0.1, 0.15) is 30.5 Å². The van der Waals surface area contributed by atoms with Gasteiger partial charge < -0.3 is 14.4 Å². The summed E-state index contributed by atoms with van der Waals surface area (Å²) in [6.07, 6.45) is 4.37. The van der Waals surface area contributed by atoms with Crippen molar-refractivity contribution in [3.63, 3.8) is 0 Å². The number of nitrogens with zero attached hydrogens (tertiary/aromatic N) is 4. The van der Waals surface area contributed by atoms with Crippen molar-refractivity contribution in [1.82, 2.24) is 14.9 Å². The second-order valence-electron chi connectivity index (χ2n) is 8.22. The molecule has 0 bridgehead atoms. The second kappa shape index (κ2) is 8.24. The third kappa shape index (κ3) is 4.21. The highest BCUT2D eigenvalue weighted by atomic mass is 19.1. The van der Waals surface area contributed by atoms with Crippen LogP contribution in [0.3, 0.4) is 0 Å². The number of rotatable bonds is 5. The summed E-state index contributed by atoms with van der Waals surface area (Å²) in [6, 6.07) is 6.12. The number of benzene rings is 1. The predicted molar refractivity (Wildman–Crippen MR) is 108 cm³/mol. The van der Waals surface area contributed by atoms with Gasteiger partial charge in [-0.15, -0.1) is 0 Å². The van der Waals surface area contributed by atoms with Gasteiger partial charge in [-0.25, -0.2) is 9.37 Å². The molecule has 0 spiro atoms. The fraction of sp³-hybridized carbons (Fsp3) is 0.545. The number of hydrogen-bond acceptors (Lipinski definition) is 6. The Morgan fingerprint density at radius 3 is 2.69 bits per heavy atom. The van der Waals surface area contributed by atoms with Crippen molar-refractivity contribution in [1.29, 1.82) is 0 Å². The smallest absolute Gasteiger partial charge is 0.228 e. The molecule has 1 aromatic heterocycles. The van der Waals surface area contributed by atoms with Crippen LogP contribution in [0, 0.1) is 11.7 Å². The Morgan fingerprint density at radius 2 is 1.93 bits per heavy atom. The van der Waals surface area contributed by atoms with E-state index in [1.54, 1.807) is 12.1 Å². The van der Waals surface area contributed by atoms with E-state index in [4.69, 9.17) is 19.4 Å². The molecular formula is C22H27FN4O2. The normalized spacial score (nSPS) is 22.1. The molecule has 1 aromatic carbocycles. The van der Waals surface area contributed by atoms with Crippen LogP contribution in [0.25, 0.3) is 0 Å². The van der Waals surface area contributed by atoms with E-state index < -0.39 is 0 Å². The first kappa shape index (κ1) is 18.8. The first-order valence-electron chi connectivity index (χ1n) is 10.6. The number of fused-ring (bicyclic) bond motifs is 1. The van der Waals surface area contributed by atoms with Crippen LogP contribution in [0.15, 0.2) is 24.3 Å². The molecule has 0 N–H and O–H groups in total. The molecule has 3 aliphatic rings. The van der Waals surface area contributed by atoms with Crippen molar-refractivity contribution in [2.24, 2.45) is 5.92 Å². The summed E-state index contributed by atoms with van der Waals surface area (Å²) < 4.78 is 25.0. The summed E-state index contributed by atoms with van der Waals surface area (Å²) in [6.45, 7) is 6.51. The number of anilines is 1. The third-order valence-electron chi connectivity index (χ3n) is 6.05. The fourth-order valence-corrected chi connectivity index (χ4v) is 4.43. The Hall–Kier alpha value is -2.25. The van der Waals surface area contributed by atoms with Crippen LogP contribution in [0.2, 0.25) is 0 Å². The number of aromatic nitrogens is 2. The topological polar surface area (TPSA) is 50.7 Å². The molecule has 0 amide bonds. The average Bonchev–Trinajstić information content (AvgIpc) is 3.44. The van der Waals surface area contributed by atoms with E-state index in [0.29, 0.717) is 17.5 Å². The second-order valence-corrected chi connectivity index (χ2v) is 8.22. The van der Waals surface area contributed by atoms with Gasteiger partial charge in [0.15, 0.2) is 0 Å². The Labute approximate surface area is 170 Å². The molecule has 0 unspecified atom stereocenters. The zero-order valence-corrected chi connectivity index (χ0v) is 16.6. The summed E-state index contributed by atoms with van der Waals surface area (Å²) in [5.74, 6) is 2.29. The maximum absolute atomic E-state index is 13.3. The van der Waals surface area contributed by atoms with Crippen LogP contribution in [0.4, 0.5) is 10.3 Å². The first-order chi connectivity index (χ1) is 14.2. The van der Waals surface area contributed by atoms with Crippen LogP contribution >= 0.6 is 0 Å². The van der Waals surface area contributed by atoms with Crippen LogP contribution in [-0.4, -0.2) is 54.3 Å². The zero-order chi connectivity index (χ0) is 19.6. The van der Waals surface area contributed by atoms with Crippen molar-refractivity contribution < 1.29 is 13.9 Å². The molecule has 4 heterocycles. The van der Waals surface area contributed by atoms with Gasteiger partial charge in [0.05, 0.1) is 17.9 Å². The Bertz CT molecular complexity index is 849. The van der Waals surface area contributed by atoms with E-state index in [-0.39, 0.29) is 5.82 Å². The van der Waals surface area contributed by atoms with Gasteiger partial charge in [0.2, 0.25) is 11.8 Å². The van der Waals surface area contributed by atoms with Crippen LogP contribution in [-0.2, 0) is 17.7 Å². The van der Waals surface area contributed by atoms with Gasteiger partial charge in [-0.05, 0) is 49.4 Å². The lowest BCUT2D eigenvalue weighted by atomic mass is 10.0. The monoisotopic (exact) mass is 398 g/mol. The molecule has 1 atom stereocenters. The zero-order valence-electron chi connectivity index (χ0n) is 16.6. The number of halogens is 1. The average molecular weight is 398 g/mol. The predicted octanol–water partition coefficient (Wildman–Crippen LogP) is 3.40. The number of ether oxygens (including phenoxy) is 2. The van der Waals surface area contributed by atoms with Gasteiger partial charge in [0, 0.05) is 45.8 Å². The molecule has 7 heteroatoms. The van der Waals surface area contributed by atoms with Crippen molar-refractivity contribution in [3.05, 3.63) is 41.3 Å². The molecule has 154 valence electrons. The van der Waals surface area contributed by atoms with E-state index in [1.165, 1.54) is 25.0 Å². The van der Waals surface area contributed by atoms with Crippen molar-refractivity contribution in [2.75, 3.05) is 44.3 Å². The van der Waals surface area contributed by atoms with Gasteiger partial charge in [-0.3, -0.25) is 4.90 Å². The molecular weight excluding hydrogens is 371 g/mol. The van der Waals surface area contributed by atoms with Crippen molar-refractivity contribution in [2.45, 2.75) is 32.2 Å². The van der Waals surface area contributed by atoms with Gasteiger partial charge in [-0.2, -0.15) is 4.98 Å². The highest BCUT2D eigenvalue weighted by Crippen LogP contribution is 2.32. The molecule has 3 aliphatic heterocycles. The molecule has 5 rings (SSSR count). The Kier molecular flexibility index (Phi) is 5.33. The highest BCUT2D eigenvalue weighted by Gasteiger charge is 2.28. The Morgan fingerprint density at radius 1 is 1.10 bits per heavy atom. The molecule has 6 nitrogen and oxygen atoms in total. The molecule has 0 saturated carbocycles. The molecule has 2 aromatic rings. The SMILES string of the molecule is Fc1ccc(Oc2nc(N3CCCC3)nc3c2CN(C[C@H]2CCOC2)CC3)cc1. The maximum atomic E-state index is 13.3. The summed E-state index contributed by atoms with van der Waals surface area (Å²) >= 11 is 0. The molecule has 2 saturated heterocycles. The lowest BCUT2D eigenvalue weighted by Gasteiger charge is -2.31. The van der Waals surface area contributed by atoms with E-state index in [2.05, 4.69) is 9.80 Å². The number of hydrogen-bond donors (Lipinski definition) is 0. The molecule has 29 heavy (non-hydrogen) atoms. The lowest BCUT2D eigenvalue weighted by Crippen LogP contribution is -2.36. The van der Waals surface area contributed by atoms with E-state index in [9.17, 15) is 4.39 Å². The van der Waals surface area contributed by atoms with Crippen LogP contribution in [0.5, 0.6) is 11.6 Å². The Balaban J connectivity index is 1.43. The summed E-state index contributed by atoms with van der Waals surface area (Å²) in [7, 11) is 0. The van der Waals surface area contributed by atoms with Gasteiger partial charge in [0.25, 0.3) is 0 Å². The molecule has 0 radical (unpaired) electrons. The van der Waals surface area contributed by atoms with Crippen LogP contribution < -0.4 is 9.64 Å². The fourth-order valence-electron chi connectivity index (χ4n) is 4.43. The summed E-state index contributed by atoms with van der Waals surface area (Å²) in [5.41, 5.74) is 2.14. The highest BCUT2D eigenvalue weighted by molar-refractivity contribution is 5.44. The largest absolute Gasteiger partial charge is 0.438 e. The summed E-state index contributed by atoms with van der Waals surface area (Å²) in [5, 5.41) is 0. The minimum Gasteiger partial charge on any atom is -0.438 e. The molecule has 0 aliphatic carbocycles. The summed E-state index contributed by atoms with van der Waals surface area (Å²) in [4.78, 5) is 14.4. The van der Waals surface area contributed by atoms with Crippen molar-refractivity contribution >= 4 is 5.95 Å². The van der Waals surface area contributed by atoms with Crippen molar-refractivity contribution in [3.8, 4) is 11.6 Å². The third-order valence-corrected chi connectivity index (χ3v) is 6.05.